The van der Waals surface area contributed by atoms with Gasteiger partial charge in [0.2, 0.25) is 0 Å². The molecule has 5 nitrogen and oxygen atoms in total. The van der Waals surface area contributed by atoms with Crippen LogP contribution in [0.2, 0.25) is 0 Å². The summed E-state index contributed by atoms with van der Waals surface area (Å²) in [6, 6.07) is 65.8. The first-order chi connectivity index (χ1) is 32.6. The van der Waals surface area contributed by atoms with Gasteiger partial charge in [0, 0.05) is 12.4 Å². The Balaban J connectivity index is 0.00000185. The van der Waals surface area contributed by atoms with Gasteiger partial charge < -0.3 is 10.2 Å². The van der Waals surface area contributed by atoms with Crippen molar-refractivity contribution in [3.05, 3.63) is 212 Å². The summed E-state index contributed by atoms with van der Waals surface area (Å²) in [5.41, 5.74) is 8.50. The average molecular weight is 954 g/mol. The second kappa shape index (κ2) is 20.0. The molecule has 0 aromatic heterocycles. The van der Waals surface area contributed by atoms with Crippen LogP contribution in [0.3, 0.4) is 0 Å². The van der Waals surface area contributed by atoms with Crippen LogP contribution in [0.15, 0.2) is 204 Å². The number of hydrogen-bond donors (Lipinski definition) is 0. The van der Waals surface area contributed by atoms with E-state index in [0.29, 0.717) is 22.3 Å². The van der Waals surface area contributed by atoms with Gasteiger partial charge in [0.25, 0.3) is 0 Å². The standard InChI is InChI=1S/C60H46N2O2.CO.Ru/c63-59-45(35-43-23-9-13-27-49(43)57(59)55-47-25-11-7-21-41(47)31-33-51(55)39-17-3-1-4-18-39)37-61-53-29-15-16-30-54(53)62-38-46-36-44-24-10-14-28-50(44)58(60(46)64)56-48-26-12-8-22-42(48)32-34-52(56)40-19-5-2-6-20-40;1-2;/h1-14,17-28,31-38,53-54,63-64H,15-16,29-30H2;;/q;;+2/p-2/t53-,54-;;/m0../s1. The molecule has 2 atom stereocenters. The van der Waals surface area contributed by atoms with E-state index in [1.54, 1.807) is 12.4 Å². The minimum absolute atomic E-state index is 0. The molecule has 0 bridgehead atoms. The van der Waals surface area contributed by atoms with Gasteiger partial charge in [-0.2, -0.15) is 0 Å². The van der Waals surface area contributed by atoms with E-state index in [2.05, 4.69) is 104 Å². The number of aliphatic imine (C=N–C) groups is 2. The van der Waals surface area contributed by atoms with Gasteiger partial charge in [0.1, 0.15) is 0 Å². The number of rotatable bonds is 8. The molecule has 10 aromatic rings. The van der Waals surface area contributed by atoms with E-state index < -0.39 is 0 Å². The van der Waals surface area contributed by atoms with Crippen molar-refractivity contribution in [2.24, 2.45) is 9.98 Å². The molecule has 324 valence electrons. The van der Waals surface area contributed by atoms with Crippen LogP contribution in [0.1, 0.15) is 36.8 Å². The van der Waals surface area contributed by atoms with E-state index in [-0.39, 0.29) is 43.1 Å². The summed E-state index contributed by atoms with van der Waals surface area (Å²) in [5, 5.41) is 38.1. The fraction of sp³-hybridized carbons (Fsp3) is 0.0984. The Kier molecular flexibility index (Phi) is 13.3. The van der Waals surface area contributed by atoms with Gasteiger partial charge in [-0.1, -0.05) is 206 Å². The number of fused-ring (bicyclic) bond motifs is 4. The first-order valence-corrected chi connectivity index (χ1v) is 22.5. The molecular weight excluding hydrogens is 910 g/mol. The molecule has 0 spiro atoms. The first kappa shape index (κ1) is 44.7. The maximum Gasteiger partial charge on any atom is 2.00 e. The maximum absolute atomic E-state index is 15.0. The summed E-state index contributed by atoms with van der Waals surface area (Å²) in [7, 11) is 0. The van der Waals surface area contributed by atoms with Crippen LogP contribution in [0.25, 0.3) is 87.6 Å². The summed E-state index contributed by atoms with van der Waals surface area (Å²) in [6.07, 6.45) is 7.32. The molecule has 1 fully saturated rings. The van der Waals surface area contributed by atoms with Crippen molar-refractivity contribution < 1.29 is 34.3 Å². The largest absolute Gasteiger partial charge is 2.00 e. The van der Waals surface area contributed by atoms with Crippen LogP contribution >= 0.6 is 0 Å². The minimum atomic E-state index is -0.144. The van der Waals surface area contributed by atoms with E-state index in [0.717, 1.165) is 102 Å². The Morgan fingerprint density at radius 3 is 1.12 bits per heavy atom. The first-order valence-electron chi connectivity index (χ1n) is 22.5. The molecule has 0 unspecified atom stereocenters. The van der Waals surface area contributed by atoms with Crippen LogP contribution in [-0.4, -0.2) is 24.5 Å². The van der Waals surface area contributed by atoms with Crippen LogP contribution in [0.5, 0.6) is 11.5 Å². The second-order valence-electron chi connectivity index (χ2n) is 16.9. The summed E-state index contributed by atoms with van der Waals surface area (Å²) >= 11 is 0. The molecule has 0 amide bonds. The Hall–Kier alpha value is -7.46. The number of benzene rings is 10. The predicted molar refractivity (Wildman–Crippen MR) is 269 cm³/mol. The van der Waals surface area contributed by atoms with Crippen LogP contribution < -0.4 is 10.2 Å². The van der Waals surface area contributed by atoms with Crippen molar-refractivity contribution in [1.82, 2.24) is 0 Å². The average Bonchev–Trinajstić information content (AvgIpc) is 3.38. The maximum atomic E-state index is 15.0. The van der Waals surface area contributed by atoms with E-state index in [9.17, 15) is 0 Å². The van der Waals surface area contributed by atoms with Gasteiger partial charge in [0.05, 0.1) is 12.1 Å². The zero-order valence-electron chi connectivity index (χ0n) is 36.6. The SMILES string of the molecule is [C-]#[O+].[O-]c1c(C=N[C@H]2CCCC[C@@H]2N=Cc2cc3ccccc3c(-c3c(-c4ccccc4)ccc4ccccc34)c2[O-])cc2ccccc2c1-c1c(-c2ccccc2)ccc2ccccc12.[Ru+2]. The van der Waals surface area contributed by atoms with Gasteiger partial charge in [0.15, 0.2) is 0 Å². The topological polar surface area (TPSA) is 90.7 Å². The van der Waals surface area contributed by atoms with Crippen LogP contribution in [0.4, 0.5) is 0 Å². The normalized spacial score (nSPS) is 14.9. The van der Waals surface area contributed by atoms with Crippen molar-refractivity contribution in [3.8, 4) is 56.0 Å². The molecule has 1 aliphatic rings. The summed E-state index contributed by atoms with van der Waals surface area (Å²) in [6.45, 7) is 4.50. The van der Waals surface area contributed by atoms with Gasteiger partial charge in [-0.3, -0.25) is 9.98 Å². The van der Waals surface area contributed by atoms with Crippen molar-refractivity contribution in [3.63, 3.8) is 0 Å². The summed E-state index contributed by atoms with van der Waals surface area (Å²) in [4.78, 5) is 10.4. The van der Waals surface area contributed by atoms with Gasteiger partial charge >= 0.3 is 30.8 Å². The second-order valence-corrected chi connectivity index (χ2v) is 16.9. The van der Waals surface area contributed by atoms with Gasteiger partial charge in [-0.05, 0) is 124 Å². The quantitative estimate of drug-likeness (QED) is 0.0657. The molecule has 1 saturated carbocycles. The molecule has 67 heavy (non-hydrogen) atoms. The Labute approximate surface area is 403 Å². The van der Waals surface area contributed by atoms with Gasteiger partial charge in [-0.15, -0.1) is 0 Å². The van der Waals surface area contributed by atoms with Crippen molar-refractivity contribution >= 4 is 55.5 Å². The Morgan fingerprint density at radius 2 is 0.731 bits per heavy atom. The predicted octanol–water partition coefficient (Wildman–Crippen LogP) is 13.9. The molecule has 11 rings (SSSR count). The van der Waals surface area contributed by atoms with E-state index in [1.165, 1.54) is 0 Å². The van der Waals surface area contributed by atoms with Crippen molar-refractivity contribution in [2.45, 2.75) is 37.8 Å². The molecular formula is C61H44N2O3Ru. The molecule has 0 N–H and O–H groups in total. The minimum Gasteiger partial charge on any atom is -0.872 e. The molecule has 0 heterocycles. The molecule has 6 heteroatoms. The third kappa shape index (κ3) is 8.60. The third-order valence-electron chi connectivity index (χ3n) is 13.1. The smallest absolute Gasteiger partial charge is 0.872 e. The Bertz CT molecular complexity index is 3260. The Morgan fingerprint density at radius 1 is 0.403 bits per heavy atom. The third-order valence-corrected chi connectivity index (χ3v) is 13.1. The summed E-state index contributed by atoms with van der Waals surface area (Å²) in [5.74, 6) is -0.0929. The molecule has 10 aromatic carbocycles. The van der Waals surface area contributed by atoms with Gasteiger partial charge in [-0.25, -0.2) is 0 Å². The van der Waals surface area contributed by atoms with Crippen LogP contribution in [0, 0.1) is 6.65 Å². The van der Waals surface area contributed by atoms with E-state index in [1.807, 2.05) is 97.1 Å². The zero-order valence-corrected chi connectivity index (χ0v) is 38.3. The molecule has 0 saturated heterocycles. The summed E-state index contributed by atoms with van der Waals surface area (Å²) < 4.78 is 7.50. The van der Waals surface area contributed by atoms with E-state index in [4.69, 9.17) is 14.6 Å². The molecule has 1 aliphatic carbocycles. The number of hydrogen-bond acceptors (Lipinski definition) is 4. The van der Waals surface area contributed by atoms with Crippen molar-refractivity contribution in [1.29, 1.82) is 0 Å². The molecule has 0 radical (unpaired) electrons. The van der Waals surface area contributed by atoms with Crippen LogP contribution in [-0.2, 0) is 24.1 Å². The monoisotopic (exact) mass is 954 g/mol. The molecule has 0 aliphatic heterocycles. The van der Waals surface area contributed by atoms with Crippen molar-refractivity contribution in [2.75, 3.05) is 0 Å². The zero-order chi connectivity index (χ0) is 45.0. The fourth-order valence-electron chi connectivity index (χ4n) is 9.98. The number of nitrogens with zero attached hydrogens (tertiary/aromatic N) is 2. The fourth-order valence-corrected chi connectivity index (χ4v) is 9.98. The van der Waals surface area contributed by atoms with E-state index >= 15 is 10.2 Å².